The fourth-order valence-electron chi connectivity index (χ4n) is 5.74. The average Bonchev–Trinajstić information content (AvgIpc) is 2.79. The van der Waals surface area contributed by atoms with E-state index in [1.807, 2.05) is 6.92 Å². The first-order chi connectivity index (χ1) is 14.7. The third kappa shape index (κ3) is 4.29. The summed E-state index contributed by atoms with van der Waals surface area (Å²) < 4.78 is 0. The van der Waals surface area contributed by atoms with E-state index in [0.29, 0.717) is 18.0 Å². The Balaban J connectivity index is 1.26. The lowest BCUT2D eigenvalue weighted by Crippen LogP contribution is -2.57. The number of hydrogen-bond donors (Lipinski definition) is 1. The Labute approximate surface area is 180 Å². The lowest BCUT2D eigenvalue weighted by molar-refractivity contribution is 0.0271. The molecule has 5 heteroatoms. The smallest absolute Gasteiger partial charge is 0.126 e. The topological polar surface area (TPSA) is 44.3 Å². The van der Waals surface area contributed by atoms with Gasteiger partial charge in [0.15, 0.2) is 0 Å². The zero-order valence-electron chi connectivity index (χ0n) is 18.4. The Kier molecular flexibility index (Phi) is 5.85. The van der Waals surface area contributed by atoms with Gasteiger partial charge in [-0.15, -0.1) is 0 Å². The number of nitrogens with zero attached hydrogens (tertiary/aromatic N) is 4. The summed E-state index contributed by atoms with van der Waals surface area (Å²) in [5.41, 5.74) is 3.50. The monoisotopic (exact) mass is 405 g/mol. The third-order valence-electron chi connectivity index (χ3n) is 7.55. The minimum atomic E-state index is 0.544. The van der Waals surface area contributed by atoms with Crippen molar-refractivity contribution >= 4 is 0 Å². The molecule has 4 aliphatic rings. The molecule has 1 N–H and O–H groups in total. The molecule has 2 aromatic rings. The number of piperidine rings is 4. The van der Waals surface area contributed by atoms with E-state index < -0.39 is 0 Å². The molecule has 4 saturated heterocycles. The first-order valence-corrected chi connectivity index (χ1v) is 11.7. The SMILES string of the molecule is Cc1nc(-c2ccccc2)cc([C@H]2CN3CC[C@H]2C[C@@H]3CNC2CCN(C)CC2)n1. The summed E-state index contributed by atoms with van der Waals surface area (Å²) in [7, 11) is 2.24. The molecular weight excluding hydrogens is 370 g/mol. The number of fused-ring (bicyclic) bond motifs is 3. The highest BCUT2D eigenvalue weighted by Crippen LogP contribution is 2.41. The number of likely N-dealkylation sites (tertiary alicyclic amines) is 1. The van der Waals surface area contributed by atoms with E-state index in [-0.39, 0.29) is 0 Å². The Morgan fingerprint density at radius 2 is 1.83 bits per heavy atom. The summed E-state index contributed by atoms with van der Waals surface area (Å²) in [6.07, 6.45) is 5.18. The number of rotatable bonds is 5. The molecule has 4 atom stereocenters. The van der Waals surface area contributed by atoms with E-state index in [9.17, 15) is 0 Å². The quantitative estimate of drug-likeness (QED) is 0.827. The number of nitrogens with one attached hydrogen (secondary N) is 1. The van der Waals surface area contributed by atoms with Crippen LogP contribution in [0.1, 0.15) is 43.1 Å². The van der Waals surface area contributed by atoms with Crippen LogP contribution in [0, 0.1) is 12.8 Å². The molecule has 0 radical (unpaired) electrons. The average molecular weight is 406 g/mol. The second kappa shape index (κ2) is 8.74. The normalized spacial score (nSPS) is 29.9. The second-order valence-corrected chi connectivity index (χ2v) is 9.62. The van der Waals surface area contributed by atoms with Crippen LogP contribution in [0.3, 0.4) is 0 Å². The summed E-state index contributed by atoms with van der Waals surface area (Å²) in [6, 6.07) is 14.2. The van der Waals surface area contributed by atoms with Gasteiger partial charge in [0.2, 0.25) is 0 Å². The van der Waals surface area contributed by atoms with Crippen molar-refractivity contribution in [3.05, 3.63) is 47.9 Å². The first-order valence-electron chi connectivity index (χ1n) is 11.7. The summed E-state index contributed by atoms with van der Waals surface area (Å²) in [4.78, 5) is 14.8. The Morgan fingerprint density at radius 1 is 1.03 bits per heavy atom. The highest BCUT2D eigenvalue weighted by Gasteiger charge is 2.41. The van der Waals surface area contributed by atoms with Gasteiger partial charge in [-0.1, -0.05) is 30.3 Å². The maximum atomic E-state index is 4.90. The van der Waals surface area contributed by atoms with Gasteiger partial charge in [0, 0.05) is 42.3 Å². The van der Waals surface area contributed by atoms with Gasteiger partial charge in [0.25, 0.3) is 0 Å². The molecule has 4 aliphatic heterocycles. The zero-order valence-corrected chi connectivity index (χ0v) is 18.4. The highest BCUT2D eigenvalue weighted by atomic mass is 15.2. The molecule has 4 fully saturated rings. The number of hydrogen-bond acceptors (Lipinski definition) is 5. The van der Waals surface area contributed by atoms with Gasteiger partial charge in [-0.25, -0.2) is 9.97 Å². The van der Waals surface area contributed by atoms with E-state index >= 15 is 0 Å². The van der Waals surface area contributed by atoms with Gasteiger partial charge < -0.3 is 10.2 Å². The Bertz CT molecular complexity index is 846. The van der Waals surface area contributed by atoms with Crippen LogP contribution in [0.2, 0.25) is 0 Å². The maximum Gasteiger partial charge on any atom is 0.126 e. The maximum absolute atomic E-state index is 4.90. The standard InChI is InChI=1S/C25H35N5/c1-18-27-24(19-6-4-3-5-7-19)15-25(28-18)23-17-30-13-8-20(23)14-22(30)16-26-21-9-11-29(2)12-10-21/h3-7,15,20-23,26H,8-14,16-17H2,1-2H3/t20-,22+,23-/m0/s1. The van der Waals surface area contributed by atoms with Crippen molar-refractivity contribution < 1.29 is 0 Å². The molecule has 0 aliphatic carbocycles. The van der Waals surface area contributed by atoms with E-state index in [1.54, 1.807) is 0 Å². The molecule has 30 heavy (non-hydrogen) atoms. The lowest BCUT2D eigenvalue weighted by Gasteiger charge is -2.50. The fraction of sp³-hybridized carbons (Fsp3) is 0.600. The lowest BCUT2D eigenvalue weighted by atomic mass is 9.74. The Hall–Kier alpha value is -1.82. The van der Waals surface area contributed by atoms with Gasteiger partial charge in [0.05, 0.1) is 5.69 Å². The van der Waals surface area contributed by atoms with Gasteiger partial charge in [-0.3, -0.25) is 4.90 Å². The van der Waals surface area contributed by atoms with Crippen molar-refractivity contribution in [3.8, 4) is 11.3 Å². The predicted octanol–water partition coefficient (Wildman–Crippen LogP) is 3.31. The van der Waals surface area contributed by atoms with Gasteiger partial charge in [-0.05, 0) is 71.3 Å². The molecule has 1 unspecified atom stereocenters. The van der Waals surface area contributed by atoms with Crippen LogP contribution in [0.4, 0.5) is 0 Å². The number of benzene rings is 1. The largest absolute Gasteiger partial charge is 0.312 e. The second-order valence-electron chi connectivity index (χ2n) is 9.62. The minimum Gasteiger partial charge on any atom is -0.312 e. The van der Waals surface area contributed by atoms with Crippen molar-refractivity contribution in [3.63, 3.8) is 0 Å². The van der Waals surface area contributed by atoms with Gasteiger partial charge in [0.1, 0.15) is 5.82 Å². The molecule has 5 nitrogen and oxygen atoms in total. The van der Waals surface area contributed by atoms with Crippen molar-refractivity contribution in [1.82, 2.24) is 25.1 Å². The molecule has 160 valence electrons. The summed E-state index contributed by atoms with van der Waals surface area (Å²) in [5.74, 6) is 2.18. The molecule has 0 saturated carbocycles. The van der Waals surface area contributed by atoms with Crippen molar-refractivity contribution in [1.29, 1.82) is 0 Å². The van der Waals surface area contributed by atoms with E-state index in [4.69, 9.17) is 9.97 Å². The zero-order chi connectivity index (χ0) is 20.5. The van der Waals surface area contributed by atoms with Crippen molar-refractivity contribution in [2.45, 2.75) is 50.6 Å². The van der Waals surface area contributed by atoms with Gasteiger partial charge in [-0.2, -0.15) is 0 Å². The molecular formula is C25H35N5. The molecule has 0 spiro atoms. The van der Waals surface area contributed by atoms with Crippen LogP contribution in [-0.2, 0) is 0 Å². The third-order valence-corrected chi connectivity index (χ3v) is 7.55. The summed E-state index contributed by atoms with van der Waals surface area (Å²) in [5, 5.41) is 3.90. The van der Waals surface area contributed by atoms with Crippen molar-refractivity contribution in [2.24, 2.45) is 5.92 Å². The summed E-state index contributed by atoms with van der Waals surface area (Å²) >= 11 is 0. The molecule has 1 aromatic heterocycles. The van der Waals surface area contributed by atoms with Crippen LogP contribution < -0.4 is 5.32 Å². The molecule has 5 heterocycles. The highest BCUT2D eigenvalue weighted by molar-refractivity contribution is 5.59. The van der Waals surface area contributed by atoms with Crippen LogP contribution in [0.5, 0.6) is 0 Å². The fourth-order valence-corrected chi connectivity index (χ4v) is 5.74. The van der Waals surface area contributed by atoms with Crippen LogP contribution >= 0.6 is 0 Å². The van der Waals surface area contributed by atoms with Crippen LogP contribution in [0.25, 0.3) is 11.3 Å². The Morgan fingerprint density at radius 3 is 2.57 bits per heavy atom. The molecule has 0 amide bonds. The minimum absolute atomic E-state index is 0.544. The van der Waals surface area contributed by atoms with Crippen molar-refractivity contribution in [2.75, 3.05) is 39.8 Å². The number of aromatic nitrogens is 2. The molecule has 2 bridgehead atoms. The summed E-state index contributed by atoms with van der Waals surface area (Å²) in [6.45, 7) is 8.04. The molecule has 1 aromatic carbocycles. The van der Waals surface area contributed by atoms with Crippen LogP contribution in [-0.4, -0.2) is 71.6 Å². The van der Waals surface area contributed by atoms with E-state index in [0.717, 1.165) is 30.5 Å². The van der Waals surface area contributed by atoms with E-state index in [2.05, 4.69) is 58.6 Å². The van der Waals surface area contributed by atoms with Crippen LogP contribution in [0.15, 0.2) is 36.4 Å². The first kappa shape index (κ1) is 20.1. The number of aryl methyl sites for hydroxylation is 1. The predicted molar refractivity (Wildman–Crippen MR) is 122 cm³/mol. The molecule has 6 rings (SSSR count). The van der Waals surface area contributed by atoms with Gasteiger partial charge >= 0.3 is 0 Å². The van der Waals surface area contributed by atoms with E-state index in [1.165, 1.54) is 56.6 Å².